The van der Waals surface area contributed by atoms with Gasteiger partial charge in [0.25, 0.3) is 5.91 Å². The number of hydrogen-bond donors (Lipinski definition) is 0. The monoisotopic (exact) mass is 241 g/mol. The number of nitriles is 1. The topological polar surface area (TPSA) is 70.1 Å². The summed E-state index contributed by atoms with van der Waals surface area (Å²) in [6.07, 6.45) is 0. The van der Waals surface area contributed by atoms with Gasteiger partial charge >= 0.3 is 0 Å². The van der Waals surface area contributed by atoms with E-state index in [9.17, 15) is 4.79 Å². The first-order valence-electron chi connectivity index (χ1n) is 5.37. The van der Waals surface area contributed by atoms with Crippen LogP contribution in [0.4, 0.5) is 0 Å². The van der Waals surface area contributed by atoms with E-state index < -0.39 is 0 Å². The van der Waals surface area contributed by atoms with Crippen molar-refractivity contribution in [3.63, 3.8) is 0 Å². The van der Waals surface area contributed by atoms with E-state index in [1.54, 1.807) is 6.07 Å². The lowest BCUT2D eigenvalue weighted by molar-refractivity contribution is 0.0771. The standard InChI is InChI=1S/C13H11N3O2/c1-16(8-7-14)13(17)12-9-11(15-18-12)10-5-3-2-4-6-10/h2-6,9H,8H2,1H3. The van der Waals surface area contributed by atoms with Gasteiger partial charge in [-0.2, -0.15) is 5.26 Å². The molecule has 2 rings (SSSR count). The zero-order chi connectivity index (χ0) is 13.0. The second-order valence-corrected chi connectivity index (χ2v) is 3.76. The van der Waals surface area contributed by atoms with E-state index >= 15 is 0 Å². The first-order valence-corrected chi connectivity index (χ1v) is 5.37. The van der Waals surface area contributed by atoms with Crippen LogP contribution in [0.3, 0.4) is 0 Å². The van der Waals surface area contributed by atoms with E-state index in [-0.39, 0.29) is 18.2 Å². The molecular weight excluding hydrogens is 230 g/mol. The minimum Gasteiger partial charge on any atom is -0.350 e. The van der Waals surface area contributed by atoms with Crippen molar-refractivity contribution in [1.29, 1.82) is 5.26 Å². The van der Waals surface area contributed by atoms with Crippen molar-refractivity contribution in [2.45, 2.75) is 0 Å². The maximum atomic E-state index is 11.8. The normalized spacial score (nSPS) is 9.78. The van der Waals surface area contributed by atoms with Gasteiger partial charge in [0.2, 0.25) is 5.76 Å². The van der Waals surface area contributed by atoms with E-state index in [4.69, 9.17) is 9.78 Å². The molecule has 0 saturated heterocycles. The lowest BCUT2D eigenvalue weighted by atomic mass is 10.1. The van der Waals surface area contributed by atoms with Gasteiger partial charge < -0.3 is 9.42 Å². The zero-order valence-corrected chi connectivity index (χ0v) is 9.83. The van der Waals surface area contributed by atoms with Crippen LogP contribution in [-0.4, -0.2) is 29.6 Å². The number of rotatable bonds is 3. The number of hydrogen-bond acceptors (Lipinski definition) is 4. The van der Waals surface area contributed by atoms with E-state index in [0.717, 1.165) is 5.56 Å². The summed E-state index contributed by atoms with van der Waals surface area (Å²) >= 11 is 0. The van der Waals surface area contributed by atoms with Crippen molar-refractivity contribution in [2.24, 2.45) is 0 Å². The third kappa shape index (κ3) is 2.38. The molecule has 2 aromatic rings. The van der Waals surface area contributed by atoms with E-state index in [1.807, 2.05) is 36.4 Å². The van der Waals surface area contributed by atoms with Crippen molar-refractivity contribution in [2.75, 3.05) is 13.6 Å². The Bertz CT molecular complexity index is 584. The predicted octanol–water partition coefficient (Wildman–Crippen LogP) is 1.94. The molecular formula is C13H11N3O2. The molecule has 0 aliphatic rings. The number of nitrogens with zero attached hydrogens (tertiary/aromatic N) is 3. The lowest BCUT2D eigenvalue weighted by Gasteiger charge is -2.09. The van der Waals surface area contributed by atoms with Gasteiger partial charge in [-0.15, -0.1) is 0 Å². The second-order valence-electron chi connectivity index (χ2n) is 3.76. The second kappa shape index (κ2) is 5.15. The van der Waals surface area contributed by atoms with Crippen molar-refractivity contribution >= 4 is 5.91 Å². The van der Waals surface area contributed by atoms with Crippen LogP contribution in [-0.2, 0) is 0 Å². The molecule has 18 heavy (non-hydrogen) atoms. The summed E-state index contributed by atoms with van der Waals surface area (Å²) in [4.78, 5) is 13.1. The van der Waals surface area contributed by atoms with E-state index in [2.05, 4.69) is 5.16 Å². The fraction of sp³-hybridized carbons (Fsp3) is 0.154. The smallest absolute Gasteiger partial charge is 0.293 e. The van der Waals surface area contributed by atoms with Gasteiger partial charge in [0, 0.05) is 18.7 Å². The van der Waals surface area contributed by atoms with Gasteiger partial charge in [-0.25, -0.2) is 0 Å². The fourth-order valence-corrected chi connectivity index (χ4v) is 1.49. The molecule has 0 aliphatic heterocycles. The number of benzene rings is 1. The number of carbonyl (C=O) groups is 1. The van der Waals surface area contributed by atoms with Crippen molar-refractivity contribution in [3.05, 3.63) is 42.2 Å². The van der Waals surface area contributed by atoms with Gasteiger partial charge in [0.05, 0.1) is 6.07 Å². The lowest BCUT2D eigenvalue weighted by Crippen LogP contribution is -2.26. The van der Waals surface area contributed by atoms with Gasteiger partial charge in [0.15, 0.2) is 0 Å². The third-order valence-electron chi connectivity index (χ3n) is 2.45. The molecule has 0 unspecified atom stereocenters. The van der Waals surface area contributed by atoms with Crippen LogP contribution < -0.4 is 0 Å². The summed E-state index contributed by atoms with van der Waals surface area (Å²) < 4.78 is 5.00. The highest BCUT2D eigenvalue weighted by molar-refractivity contribution is 5.92. The summed E-state index contributed by atoms with van der Waals surface area (Å²) in [5.41, 5.74) is 1.48. The molecule has 5 nitrogen and oxygen atoms in total. The SMILES string of the molecule is CN(CC#N)C(=O)c1cc(-c2ccccc2)no1. The molecule has 1 aromatic heterocycles. The summed E-state index contributed by atoms with van der Waals surface area (Å²) in [5.74, 6) is -0.224. The summed E-state index contributed by atoms with van der Waals surface area (Å²) in [6, 6.07) is 12.9. The first kappa shape index (κ1) is 11.9. The minimum absolute atomic E-state index is 0.0141. The maximum Gasteiger partial charge on any atom is 0.293 e. The van der Waals surface area contributed by atoms with Crippen molar-refractivity contribution < 1.29 is 9.32 Å². The van der Waals surface area contributed by atoms with E-state index in [0.29, 0.717) is 5.69 Å². The number of amides is 1. The predicted molar refractivity (Wildman–Crippen MR) is 64.5 cm³/mol. The Balaban J connectivity index is 2.22. The highest BCUT2D eigenvalue weighted by Crippen LogP contribution is 2.19. The van der Waals surface area contributed by atoms with Crippen LogP contribution in [0.15, 0.2) is 40.9 Å². The molecule has 0 aliphatic carbocycles. The Labute approximate surface area is 104 Å². The van der Waals surface area contributed by atoms with Gasteiger partial charge in [-0.05, 0) is 0 Å². The Hall–Kier alpha value is -2.61. The summed E-state index contributed by atoms with van der Waals surface area (Å²) in [7, 11) is 1.54. The van der Waals surface area contributed by atoms with Crippen LogP contribution >= 0.6 is 0 Å². The molecule has 1 heterocycles. The third-order valence-corrected chi connectivity index (χ3v) is 2.45. The molecule has 0 atom stereocenters. The molecule has 0 saturated carbocycles. The highest BCUT2D eigenvalue weighted by atomic mass is 16.5. The maximum absolute atomic E-state index is 11.8. The van der Waals surface area contributed by atoms with Gasteiger partial charge in [0.1, 0.15) is 12.2 Å². The molecule has 0 spiro atoms. The fourth-order valence-electron chi connectivity index (χ4n) is 1.49. The molecule has 5 heteroatoms. The molecule has 1 aromatic carbocycles. The Morgan fingerprint density at radius 3 is 2.83 bits per heavy atom. The van der Waals surface area contributed by atoms with Crippen molar-refractivity contribution in [3.8, 4) is 17.3 Å². The van der Waals surface area contributed by atoms with Crippen LogP contribution in [0, 0.1) is 11.3 Å². The number of aromatic nitrogens is 1. The molecule has 0 bridgehead atoms. The summed E-state index contributed by atoms with van der Waals surface area (Å²) in [6.45, 7) is 0.0141. The molecule has 0 fully saturated rings. The largest absolute Gasteiger partial charge is 0.350 e. The molecule has 1 amide bonds. The average Bonchev–Trinajstić information content (AvgIpc) is 2.89. The Kier molecular flexibility index (Phi) is 3.39. The molecule has 90 valence electrons. The molecule has 0 radical (unpaired) electrons. The Morgan fingerprint density at radius 1 is 1.44 bits per heavy atom. The molecule has 0 N–H and O–H groups in total. The van der Waals surface area contributed by atoms with Crippen LogP contribution in [0.25, 0.3) is 11.3 Å². The van der Waals surface area contributed by atoms with Gasteiger partial charge in [-0.3, -0.25) is 4.79 Å². The minimum atomic E-state index is -0.355. The zero-order valence-electron chi connectivity index (χ0n) is 9.83. The average molecular weight is 241 g/mol. The number of carbonyl (C=O) groups excluding carboxylic acids is 1. The van der Waals surface area contributed by atoms with Crippen LogP contribution in [0.5, 0.6) is 0 Å². The van der Waals surface area contributed by atoms with Gasteiger partial charge in [-0.1, -0.05) is 35.5 Å². The van der Waals surface area contributed by atoms with Crippen molar-refractivity contribution in [1.82, 2.24) is 10.1 Å². The Morgan fingerprint density at radius 2 is 2.17 bits per heavy atom. The highest BCUT2D eigenvalue weighted by Gasteiger charge is 2.17. The first-order chi connectivity index (χ1) is 8.72. The van der Waals surface area contributed by atoms with E-state index in [1.165, 1.54) is 11.9 Å². The quantitative estimate of drug-likeness (QED) is 0.770. The summed E-state index contributed by atoms with van der Waals surface area (Å²) in [5, 5.41) is 12.4. The van der Waals surface area contributed by atoms with Crippen LogP contribution in [0.1, 0.15) is 10.6 Å². The van der Waals surface area contributed by atoms with Crippen LogP contribution in [0.2, 0.25) is 0 Å².